The molecule has 0 heterocycles. The molecule has 114 valence electrons. The quantitative estimate of drug-likeness (QED) is 0.761. The average Bonchev–Trinajstić information content (AvgIpc) is 2.48. The maximum atomic E-state index is 12.3. The lowest BCUT2D eigenvalue weighted by atomic mass is 9.74. The summed E-state index contributed by atoms with van der Waals surface area (Å²) in [6, 6.07) is 5.58. The zero-order valence-corrected chi connectivity index (χ0v) is 14.3. The molecule has 1 aliphatic carbocycles. The first-order valence-electron chi connectivity index (χ1n) is 7.23. The van der Waals surface area contributed by atoms with Crippen LogP contribution in [-0.2, 0) is 4.79 Å². The van der Waals surface area contributed by atoms with E-state index in [1.807, 2.05) is 19.1 Å². The SMILES string of the molecule is Cc1cccc(C(=O)NCC2(C(=O)O)CCCCC2)c1I. The van der Waals surface area contributed by atoms with E-state index in [-0.39, 0.29) is 12.5 Å². The molecule has 0 aromatic heterocycles. The Balaban J connectivity index is 2.09. The van der Waals surface area contributed by atoms with Gasteiger partial charge in [-0.15, -0.1) is 0 Å². The van der Waals surface area contributed by atoms with Crippen molar-refractivity contribution in [3.05, 3.63) is 32.9 Å². The number of hydrogen-bond acceptors (Lipinski definition) is 2. The van der Waals surface area contributed by atoms with Gasteiger partial charge in [0.1, 0.15) is 0 Å². The maximum Gasteiger partial charge on any atom is 0.311 e. The number of rotatable bonds is 4. The molecule has 0 saturated heterocycles. The van der Waals surface area contributed by atoms with Gasteiger partial charge in [0.05, 0.1) is 11.0 Å². The molecule has 1 amide bonds. The van der Waals surface area contributed by atoms with Crippen LogP contribution in [0, 0.1) is 15.9 Å². The van der Waals surface area contributed by atoms with E-state index in [9.17, 15) is 14.7 Å². The minimum atomic E-state index is -0.790. The van der Waals surface area contributed by atoms with Crippen LogP contribution in [-0.4, -0.2) is 23.5 Å². The summed E-state index contributed by atoms with van der Waals surface area (Å²) >= 11 is 2.15. The molecule has 0 atom stereocenters. The highest BCUT2D eigenvalue weighted by atomic mass is 127. The molecule has 2 rings (SSSR count). The molecule has 0 radical (unpaired) electrons. The van der Waals surface area contributed by atoms with Gasteiger partial charge >= 0.3 is 5.97 Å². The summed E-state index contributed by atoms with van der Waals surface area (Å²) in [6.45, 7) is 2.17. The molecule has 1 fully saturated rings. The van der Waals surface area contributed by atoms with Crippen LogP contribution >= 0.6 is 22.6 Å². The Morgan fingerprint density at radius 3 is 2.57 bits per heavy atom. The lowest BCUT2D eigenvalue weighted by Gasteiger charge is -2.33. The Kier molecular flexibility index (Phi) is 5.24. The minimum Gasteiger partial charge on any atom is -0.481 e. The lowest BCUT2D eigenvalue weighted by molar-refractivity contribution is -0.150. The van der Waals surface area contributed by atoms with E-state index in [4.69, 9.17) is 0 Å². The van der Waals surface area contributed by atoms with E-state index in [1.54, 1.807) is 6.07 Å². The Bertz CT molecular complexity index is 550. The van der Waals surface area contributed by atoms with Crippen LogP contribution in [0.2, 0.25) is 0 Å². The predicted molar refractivity (Wildman–Crippen MR) is 89.4 cm³/mol. The summed E-state index contributed by atoms with van der Waals surface area (Å²) in [5.41, 5.74) is 0.879. The van der Waals surface area contributed by atoms with Gasteiger partial charge in [-0.25, -0.2) is 0 Å². The fraction of sp³-hybridized carbons (Fsp3) is 0.500. The van der Waals surface area contributed by atoms with Crippen molar-refractivity contribution in [2.24, 2.45) is 5.41 Å². The van der Waals surface area contributed by atoms with Crippen LogP contribution in [0.15, 0.2) is 18.2 Å². The molecular weight excluding hydrogens is 381 g/mol. The van der Waals surface area contributed by atoms with Crippen LogP contribution in [0.25, 0.3) is 0 Å². The van der Waals surface area contributed by atoms with E-state index < -0.39 is 11.4 Å². The normalized spacial score (nSPS) is 17.2. The number of carbonyl (C=O) groups is 2. The van der Waals surface area contributed by atoms with Gasteiger partial charge in [-0.1, -0.05) is 31.4 Å². The molecule has 2 N–H and O–H groups in total. The fourth-order valence-electron chi connectivity index (χ4n) is 2.86. The number of carboxylic acids is 1. The molecule has 21 heavy (non-hydrogen) atoms. The van der Waals surface area contributed by atoms with Crippen LogP contribution in [0.3, 0.4) is 0 Å². The van der Waals surface area contributed by atoms with Crippen LogP contribution in [0.5, 0.6) is 0 Å². The molecular formula is C16H20INO3. The number of benzene rings is 1. The molecule has 1 aromatic carbocycles. The van der Waals surface area contributed by atoms with Gasteiger partial charge in [0, 0.05) is 10.1 Å². The van der Waals surface area contributed by atoms with Crippen LogP contribution in [0.4, 0.5) is 0 Å². The first-order valence-corrected chi connectivity index (χ1v) is 8.31. The highest BCUT2D eigenvalue weighted by Crippen LogP contribution is 2.36. The topological polar surface area (TPSA) is 66.4 Å². The molecule has 0 aliphatic heterocycles. The second-order valence-electron chi connectivity index (χ2n) is 5.77. The van der Waals surface area contributed by atoms with Crippen molar-refractivity contribution in [1.82, 2.24) is 5.32 Å². The molecule has 4 nitrogen and oxygen atoms in total. The summed E-state index contributed by atoms with van der Waals surface area (Å²) in [4.78, 5) is 23.9. The smallest absolute Gasteiger partial charge is 0.311 e. The second kappa shape index (κ2) is 6.77. The van der Waals surface area contributed by atoms with Gasteiger partial charge in [-0.05, 0) is 54.0 Å². The largest absolute Gasteiger partial charge is 0.481 e. The fourth-order valence-corrected chi connectivity index (χ4v) is 3.47. The first-order chi connectivity index (χ1) is 9.96. The summed E-state index contributed by atoms with van der Waals surface area (Å²) < 4.78 is 0.917. The van der Waals surface area contributed by atoms with E-state index >= 15 is 0 Å². The van der Waals surface area contributed by atoms with Crippen LogP contribution < -0.4 is 5.32 Å². The summed E-state index contributed by atoms with van der Waals surface area (Å²) in [5, 5.41) is 12.4. The lowest BCUT2D eigenvalue weighted by Crippen LogP contribution is -2.44. The number of carbonyl (C=O) groups excluding carboxylic acids is 1. The molecule has 0 bridgehead atoms. The highest BCUT2D eigenvalue weighted by molar-refractivity contribution is 14.1. The van der Waals surface area contributed by atoms with E-state index in [1.165, 1.54) is 0 Å². The molecule has 5 heteroatoms. The summed E-state index contributed by atoms with van der Waals surface area (Å²) in [6.07, 6.45) is 4.22. The number of aliphatic carboxylic acids is 1. The Morgan fingerprint density at radius 2 is 1.95 bits per heavy atom. The van der Waals surface area contributed by atoms with Gasteiger partial charge in [0.2, 0.25) is 0 Å². The van der Waals surface area contributed by atoms with Gasteiger partial charge in [-0.2, -0.15) is 0 Å². The zero-order valence-electron chi connectivity index (χ0n) is 12.1. The van der Waals surface area contributed by atoms with Crippen molar-refractivity contribution in [3.63, 3.8) is 0 Å². The average molecular weight is 401 g/mol. The van der Waals surface area contributed by atoms with Crippen molar-refractivity contribution >= 4 is 34.5 Å². The van der Waals surface area contributed by atoms with E-state index in [0.717, 1.165) is 28.4 Å². The number of hydrogen-bond donors (Lipinski definition) is 2. The minimum absolute atomic E-state index is 0.186. The zero-order chi connectivity index (χ0) is 15.5. The molecule has 1 saturated carbocycles. The predicted octanol–water partition coefficient (Wildman–Crippen LogP) is 3.36. The van der Waals surface area contributed by atoms with E-state index in [0.29, 0.717) is 18.4 Å². The number of aryl methyl sites for hydroxylation is 1. The monoisotopic (exact) mass is 401 g/mol. The third kappa shape index (κ3) is 3.56. The summed E-state index contributed by atoms with van der Waals surface area (Å²) in [7, 11) is 0. The molecule has 1 aliphatic rings. The first kappa shape index (κ1) is 16.3. The third-order valence-corrected chi connectivity index (χ3v) is 5.72. The van der Waals surface area contributed by atoms with E-state index in [2.05, 4.69) is 27.9 Å². The highest BCUT2D eigenvalue weighted by Gasteiger charge is 2.39. The van der Waals surface area contributed by atoms with Gasteiger partial charge in [0.25, 0.3) is 5.91 Å². The van der Waals surface area contributed by atoms with Crippen molar-refractivity contribution in [1.29, 1.82) is 0 Å². The van der Waals surface area contributed by atoms with Crippen molar-refractivity contribution in [2.75, 3.05) is 6.54 Å². The van der Waals surface area contributed by atoms with Crippen molar-refractivity contribution in [3.8, 4) is 0 Å². The number of carboxylic acid groups (broad SMARTS) is 1. The Morgan fingerprint density at radius 1 is 1.29 bits per heavy atom. The standard InChI is InChI=1S/C16H20INO3/c1-11-6-5-7-12(13(11)17)14(19)18-10-16(15(20)21)8-3-2-4-9-16/h5-7H,2-4,8-10H2,1H3,(H,18,19)(H,20,21). The Labute approximate surface area is 138 Å². The van der Waals surface area contributed by atoms with Crippen LogP contribution in [0.1, 0.15) is 48.0 Å². The molecule has 0 unspecified atom stereocenters. The van der Waals surface area contributed by atoms with Crippen molar-refractivity contribution < 1.29 is 14.7 Å². The van der Waals surface area contributed by atoms with Gasteiger partial charge in [0.15, 0.2) is 0 Å². The second-order valence-corrected chi connectivity index (χ2v) is 6.84. The number of nitrogens with one attached hydrogen (secondary N) is 1. The summed E-state index contributed by atoms with van der Waals surface area (Å²) in [5.74, 6) is -0.976. The maximum absolute atomic E-state index is 12.3. The number of halogens is 1. The Hall–Kier alpha value is -1.11. The van der Waals surface area contributed by atoms with Gasteiger partial charge in [-0.3, -0.25) is 9.59 Å². The third-order valence-electron chi connectivity index (χ3n) is 4.29. The number of amides is 1. The van der Waals surface area contributed by atoms with Crippen molar-refractivity contribution in [2.45, 2.75) is 39.0 Å². The van der Waals surface area contributed by atoms with Gasteiger partial charge < -0.3 is 10.4 Å². The molecule has 0 spiro atoms. The molecule has 1 aromatic rings.